The molecule has 0 heterocycles. The zero-order valence-corrected chi connectivity index (χ0v) is 6.17. The first-order valence-electron chi connectivity index (χ1n) is 3.24. The molecule has 0 radical (unpaired) electrons. The van der Waals surface area contributed by atoms with E-state index < -0.39 is 0 Å². The topological polar surface area (TPSA) is 52.3 Å². The summed E-state index contributed by atoms with van der Waals surface area (Å²) in [6, 6.07) is -0.279. The molecule has 2 N–H and O–H groups in total. The van der Waals surface area contributed by atoms with Crippen LogP contribution in [0.3, 0.4) is 0 Å². The van der Waals surface area contributed by atoms with Crippen molar-refractivity contribution in [3.8, 4) is 0 Å². The highest BCUT2D eigenvalue weighted by molar-refractivity contribution is 5.70. The molecular formula is C7H13NO2. The number of hydrogen-bond acceptors (Lipinski definition) is 3. The normalized spacial score (nSPS) is 12.2. The van der Waals surface area contributed by atoms with E-state index in [4.69, 9.17) is 5.73 Å². The SMILES string of the molecule is C=CC(N)CC(=O)OCC. The van der Waals surface area contributed by atoms with E-state index in [1.807, 2.05) is 0 Å². The third kappa shape index (κ3) is 4.09. The minimum Gasteiger partial charge on any atom is -0.466 e. The number of carbonyl (C=O) groups is 1. The lowest BCUT2D eigenvalue weighted by Crippen LogP contribution is -2.22. The van der Waals surface area contributed by atoms with Gasteiger partial charge < -0.3 is 10.5 Å². The van der Waals surface area contributed by atoms with Crippen LogP contribution >= 0.6 is 0 Å². The van der Waals surface area contributed by atoms with Crippen LogP contribution in [0.25, 0.3) is 0 Å². The van der Waals surface area contributed by atoms with Crippen molar-refractivity contribution in [1.29, 1.82) is 0 Å². The highest BCUT2D eigenvalue weighted by atomic mass is 16.5. The van der Waals surface area contributed by atoms with Gasteiger partial charge in [0.05, 0.1) is 13.0 Å². The minimum absolute atomic E-state index is 0.220. The van der Waals surface area contributed by atoms with E-state index in [1.54, 1.807) is 6.92 Å². The minimum atomic E-state index is -0.279. The maximum atomic E-state index is 10.7. The third-order valence-electron chi connectivity index (χ3n) is 1.01. The summed E-state index contributed by atoms with van der Waals surface area (Å²) < 4.78 is 4.65. The van der Waals surface area contributed by atoms with Gasteiger partial charge in [-0.25, -0.2) is 0 Å². The van der Waals surface area contributed by atoms with Gasteiger partial charge in [-0.15, -0.1) is 6.58 Å². The van der Waals surface area contributed by atoms with Crippen LogP contribution in [0.4, 0.5) is 0 Å². The fraction of sp³-hybridized carbons (Fsp3) is 0.571. The Morgan fingerprint density at radius 3 is 2.90 bits per heavy atom. The summed E-state index contributed by atoms with van der Waals surface area (Å²) >= 11 is 0. The fourth-order valence-corrected chi connectivity index (χ4v) is 0.496. The van der Waals surface area contributed by atoms with Crippen molar-refractivity contribution in [2.75, 3.05) is 6.61 Å². The van der Waals surface area contributed by atoms with E-state index in [1.165, 1.54) is 6.08 Å². The second-order valence-electron chi connectivity index (χ2n) is 1.91. The van der Waals surface area contributed by atoms with Crippen LogP contribution in [0, 0.1) is 0 Å². The molecule has 3 heteroatoms. The van der Waals surface area contributed by atoms with Gasteiger partial charge in [-0.05, 0) is 6.92 Å². The Morgan fingerprint density at radius 2 is 2.50 bits per heavy atom. The molecule has 1 atom stereocenters. The second-order valence-corrected chi connectivity index (χ2v) is 1.91. The Bertz CT molecular complexity index is 123. The average Bonchev–Trinajstić information content (AvgIpc) is 1.88. The van der Waals surface area contributed by atoms with Gasteiger partial charge in [0.1, 0.15) is 0 Å². The highest BCUT2D eigenvalue weighted by Gasteiger charge is 2.05. The Hall–Kier alpha value is -0.830. The number of nitrogens with two attached hydrogens (primary N) is 1. The van der Waals surface area contributed by atoms with Gasteiger partial charge in [-0.2, -0.15) is 0 Å². The predicted octanol–water partition coefficient (Wildman–Crippen LogP) is 0.453. The summed E-state index contributed by atoms with van der Waals surface area (Å²) in [5.74, 6) is -0.269. The lowest BCUT2D eigenvalue weighted by Gasteiger charge is -2.03. The van der Waals surface area contributed by atoms with E-state index >= 15 is 0 Å². The standard InChI is InChI=1S/C7H13NO2/c1-3-6(8)5-7(9)10-4-2/h3,6H,1,4-5,8H2,2H3. The largest absolute Gasteiger partial charge is 0.466 e. The summed E-state index contributed by atoms with van der Waals surface area (Å²) in [7, 11) is 0. The Labute approximate surface area is 60.9 Å². The molecule has 3 nitrogen and oxygen atoms in total. The van der Waals surface area contributed by atoms with Crippen LogP contribution in [-0.2, 0) is 9.53 Å². The van der Waals surface area contributed by atoms with Crippen LogP contribution in [0.2, 0.25) is 0 Å². The molecule has 0 aromatic carbocycles. The summed E-state index contributed by atoms with van der Waals surface area (Å²) in [6.07, 6.45) is 1.74. The molecule has 0 aromatic heterocycles. The molecule has 1 unspecified atom stereocenters. The summed E-state index contributed by atoms with van der Waals surface area (Å²) in [5, 5.41) is 0. The van der Waals surface area contributed by atoms with Crippen LogP contribution in [0.5, 0.6) is 0 Å². The van der Waals surface area contributed by atoms with Crippen LogP contribution in [0.1, 0.15) is 13.3 Å². The summed E-state index contributed by atoms with van der Waals surface area (Å²) in [6.45, 7) is 5.61. The monoisotopic (exact) mass is 143 g/mol. The molecule has 0 saturated heterocycles. The number of hydrogen-bond donors (Lipinski definition) is 1. The molecule has 0 spiro atoms. The number of esters is 1. The van der Waals surface area contributed by atoms with Gasteiger partial charge in [-0.1, -0.05) is 6.08 Å². The molecule has 58 valence electrons. The number of ether oxygens (including phenoxy) is 1. The summed E-state index contributed by atoms with van der Waals surface area (Å²) in [5.41, 5.74) is 5.39. The Balaban J connectivity index is 3.46. The second kappa shape index (κ2) is 4.99. The first-order valence-corrected chi connectivity index (χ1v) is 3.24. The molecule has 0 fully saturated rings. The predicted molar refractivity (Wildman–Crippen MR) is 39.4 cm³/mol. The molecule has 0 bridgehead atoms. The molecule has 0 rings (SSSR count). The number of rotatable bonds is 4. The van der Waals surface area contributed by atoms with Crippen molar-refractivity contribution >= 4 is 5.97 Å². The van der Waals surface area contributed by atoms with Gasteiger partial charge in [0.25, 0.3) is 0 Å². The molecule has 10 heavy (non-hydrogen) atoms. The van der Waals surface area contributed by atoms with E-state index in [0.717, 1.165) is 0 Å². The van der Waals surface area contributed by atoms with Crippen LogP contribution in [0.15, 0.2) is 12.7 Å². The van der Waals surface area contributed by atoms with Gasteiger partial charge in [-0.3, -0.25) is 4.79 Å². The molecule has 0 saturated carbocycles. The zero-order valence-electron chi connectivity index (χ0n) is 6.17. The van der Waals surface area contributed by atoms with E-state index in [2.05, 4.69) is 11.3 Å². The van der Waals surface area contributed by atoms with Crippen LogP contribution in [-0.4, -0.2) is 18.6 Å². The van der Waals surface area contributed by atoms with Crippen molar-refractivity contribution in [3.63, 3.8) is 0 Å². The van der Waals surface area contributed by atoms with Gasteiger partial charge >= 0.3 is 5.97 Å². The van der Waals surface area contributed by atoms with Gasteiger partial charge in [0.15, 0.2) is 0 Å². The quantitative estimate of drug-likeness (QED) is 0.459. The Morgan fingerprint density at radius 1 is 1.90 bits per heavy atom. The number of carbonyl (C=O) groups excluding carboxylic acids is 1. The Kier molecular flexibility index (Phi) is 4.58. The molecule has 0 aliphatic heterocycles. The molecule has 0 amide bonds. The first kappa shape index (κ1) is 9.17. The van der Waals surface area contributed by atoms with Gasteiger partial charge in [0, 0.05) is 6.04 Å². The average molecular weight is 143 g/mol. The first-order chi connectivity index (χ1) is 4.70. The van der Waals surface area contributed by atoms with Crippen LogP contribution < -0.4 is 5.73 Å². The zero-order chi connectivity index (χ0) is 7.98. The fourth-order valence-electron chi connectivity index (χ4n) is 0.496. The van der Waals surface area contributed by atoms with E-state index in [9.17, 15) is 4.79 Å². The van der Waals surface area contributed by atoms with E-state index in [0.29, 0.717) is 6.61 Å². The van der Waals surface area contributed by atoms with Gasteiger partial charge in [0.2, 0.25) is 0 Å². The lowest BCUT2D eigenvalue weighted by molar-refractivity contribution is -0.143. The van der Waals surface area contributed by atoms with Crippen molar-refractivity contribution in [1.82, 2.24) is 0 Å². The van der Waals surface area contributed by atoms with E-state index in [-0.39, 0.29) is 18.4 Å². The molecule has 0 aliphatic rings. The van der Waals surface area contributed by atoms with Crippen molar-refractivity contribution in [3.05, 3.63) is 12.7 Å². The highest BCUT2D eigenvalue weighted by Crippen LogP contribution is 1.91. The van der Waals surface area contributed by atoms with Crippen molar-refractivity contribution in [2.45, 2.75) is 19.4 Å². The molecular weight excluding hydrogens is 130 g/mol. The molecule has 0 aliphatic carbocycles. The summed E-state index contributed by atoms with van der Waals surface area (Å²) in [4.78, 5) is 10.7. The van der Waals surface area contributed by atoms with Crippen molar-refractivity contribution < 1.29 is 9.53 Å². The smallest absolute Gasteiger partial charge is 0.307 e. The molecule has 0 aromatic rings. The maximum absolute atomic E-state index is 10.7. The third-order valence-corrected chi connectivity index (χ3v) is 1.01. The lowest BCUT2D eigenvalue weighted by atomic mass is 10.2. The maximum Gasteiger partial charge on any atom is 0.307 e. The van der Waals surface area contributed by atoms with Crippen molar-refractivity contribution in [2.24, 2.45) is 5.73 Å².